The number of aliphatic hydroxyl groups excluding tert-OH is 1. The Hall–Kier alpha value is -2.53. The highest BCUT2D eigenvalue weighted by atomic mass is 32.2. The van der Waals surface area contributed by atoms with Crippen LogP contribution in [-0.4, -0.2) is 23.0 Å². The monoisotopic (exact) mass is 339 g/mol. The van der Waals surface area contributed by atoms with Gasteiger partial charge in [-0.25, -0.2) is 4.99 Å². The van der Waals surface area contributed by atoms with Gasteiger partial charge >= 0.3 is 0 Å². The topological polar surface area (TPSA) is 58.9 Å². The quantitative estimate of drug-likeness (QED) is 0.655. The standard InChI is InChI=1S/C19H17NO3S/c1-23-15-9-7-13(8-10-15)18-11-17(22)16(12-21)19(24-18)20-14-5-3-2-4-6-14/h2-10,12,18,21H,11H2,1H3/b16-12-,20-19?/t18-/m0/s1. The fourth-order valence-corrected chi connectivity index (χ4v) is 3.72. The molecule has 3 rings (SSSR count). The van der Waals surface area contributed by atoms with E-state index >= 15 is 0 Å². The number of rotatable bonds is 3. The van der Waals surface area contributed by atoms with E-state index in [0.717, 1.165) is 23.3 Å². The molecule has 122 valence electrons. The molecule has 1 fully saturated rings. The highest BCUT2D eigenvalue weighted by Crippen LogP contribution is 2.41. The van der Waals surface area contributed by atoms with Gasteiger partial charge < -0.3 is 9.84 Å². The van der Waals surface area contributed by atoms with Gasteiger partial charge in [0.05, 0.1) is 24.6 Å². The number of carbonyl (C=O) groups is 1. The molecule has 0 amide bonds. The summed E-state index contributed by atoms with van der Waals surface area (Å²) in [6.45, 7) is 0. The lowest BCUT2D eigenvalue weighted by Gasteiger charge is -2.24. The Morgan fingerprint density at radius 3 is 2.50 bits per heavy atom. The third-order valence-electron chi connectivity index (χ3n) is 3.76. The van der Waals surface area contributed by atoms with E-state index in [4.69, 9.17) is 4.74 Å². The van der Waals surface area contributed by atoms with Crippen molar-refractivity contribution in [2.45, 2.75) is 11.7 Å². The van der Waals surface area contributed by atoms with E-state index in [1.54, 1.807) is 7.11 Å². The Balaban J connectivity index is 1.92. The van der Waals surface area contributed by atoms with Crippen molar-refractivity contribution in [2.75, 3.05) is 7.11 Å². The average molecular weight is 339 g/mol. The molecule has 0 aliphatic carbocycles. The molecule has 0 spiro atoms. The Labute approximate surface area is 144 Å². The summed E-state index contributed by atoms with van der Waals surface area (Å²) in [5.74, 6) is 0.673. The zero-order valence-electron chi connectivity index (χ0n) is 13.2. The zero-order chi connectivity index (χ0) is 16.9. The molecular weight excluding hydrogens is 322 g/mol. The van der Waals surface area contributed by atoms with Crippen LogP contribution in [0, 0.1) is 0 Å². The maximum atomic E-state index is 12.4. The van der Waals surface area contributed by atoms with Crippen LogP contribution in [0.3, 0.4) is 0 Å². The molecule has 24 heavy (non-hydrogen) atoms. The number of methoxy groups -OCH3 is 1. The van der Waals surface area contributed by atoms with Gasteiger partial charge in [0.15, 0.2) is 5.78 Å². The van der Waals surface area contributed by atoms with E-state index in [-0.39, 0.29) is 16.6 Å². The third-order valence-corrected chi connectivity index (χ3v) is 5.02. The van der Waals surface area contributed by atoms with Crippen LogP contribution in [0.5, 0.6) is 5.75 Å². The molecule has 1 saturated heterocycles. The van der Waals surface area contributed by atoms with Gasteiger partial charge in [-0.2, -0.15) is 0 Å². The molecule has 0 saturated carbocycles. The van der Waals surface area contributed by atoms with Crippen molar-refractivity contribution in [3.8, 4) is 5.75 Å². The van der Waals surface area contributed by atoms with Crippen molar-refractivity contribution in [3.63, 3.8) is 0 Å². The fraction of sp³-hybridized carbons (Fsp3) is 0.158. The van der Waals surface area contributed by atoms with Crippen molar-refractivity contribution in [2.24, 2.45) is 4.99 Å². The normalized spacial score (nSPS) is 21.2. The Morgan fingerprint density at radius 2 is 1.88 bits per heavy atom. The first-order valence-corrected chi connectivity index (χ1v) is 8.41. The van der Waals surface area contributed by atoms with Gasteiger partial charge in [-0.05, 0) is 29.8 Å². The average Bonchev–Trinajstić information content (AvgIpc) is 2.62. The van der Waals surface area contributed by atoms with Crippen LogP contribution in [0.15, 0.2) is 71.4 Å². The molecule has 1 aliphatic heterocycles. The second-order valence-electron chi connectivity index (χ2n) is 5.30. The highest BCUT2D eigenvalue weighted by molar-refractivity contribution is 8.14. The minimum absolute atomic E-state index is 0.0328. The number of ether oxygens (including phenoxy) is 1. The van der Waals surface area contributed by atoms with Crippen LogP contribution in [0.25, 0.3) is 0 Å². The first-order chi connectivity index (χ1) is 11.7. The van der Waals surface area contributed by atoms with E-state index < -0.39 is 0 Å². The van der Waals surface area contributed by atoms with E-state index in [1.807, 2.05) is 54.6 Å². The van der Waals surface area contributed by atoms with Crippen molar-refractivity contribution in [1.82, 2.24) is 0 Å². The maximum absolute atomic E-state index is 12.4. The molecule has 1 atom stereocenters. The molecule has 2 aromatic rings. The number of ketones is 1. The van der Waals surface area contributed by atoms with Gasteiger partial charge in [-0.3, -0.25) is 4.79 Å². The van der Waals surface area contributed by atoms with Crippen LogP contribution >= 0.6 is 11.8 Å². The van der Waals surface area contributed by atoms with Gasteiger partial charge in [0.25, 0.3) is 0 Å². The number of benzene rings is 2. The lowest BCUT2D eigenvalue weighted by molar-refractivity contribution is -0.115. The Morgan fingerprint density at radius 1 is 1.17 bits per heavy atom. The van der Waals surface area contributed by atoms with E-state index in [0.29, 0.717) is 11.5 Å². The maximum Gasteiger partial charge on any atom is 0.170 e. The van der Waals surface area contributed by atoms with Gasteiger partial charge in [0, 0.05) is 11.7 Å². The molecule has 0 unspecified atom stereocenters. The number of aliphatic imine (C=N–C) groups is 1. The number of Topliss-reactive ketones (excluding diaryl/α,β-unsaturated/α-hetero) is 1. The lowest BCUT2D eigenvalue weighted by Crippen LogP contribution is -2.20. The van der Waals surface area contributed by atoms with E-state index in [1.165, 1.54) is 11.8 Å². The zero-order valence-corrected chi connectivity index (χ0v) is 14.0. The first-order valence-electron chi connectivity index (χ1n) is 7.53. The van der Waals surface area contributed by atoms with Crippen molar-refractivity contribution in [1.29, 1.82) is 0 Å². The summed E-state index contributed by atoms with van der Waals surface area (Å²) >= 11 is 1.49. The molecule has 0 bridgehead atoms. The number of thioether (sulfide) groups is 1. The smallest absolute Gasteiger partial charge is 0.170 e. The van der Waals surface area contributed by atoms with E-state index in [2.05, 4.69) is 4.99 Å². The fourth-order valence-electron chi connectivity index (χ4n) is 2.48. The van der Waals surface area contributed by atoms with Gasteiger partial charge in [-0.1, -0.05) is 42.1 Å². The molecule has 1 heterocycles. The summed E-state index contributed by atoms with van der Waals surface area (Å²) in [4.78, 5) is 16.9. The number of hydrogen-bond donors (Lipinski definition) is 1. The van der Waals surface area contributed by atoms with Crippen molar-refractivity contribution < 1.29 is 14.6 Å². The number of nitrogens with zero attached hydrogens (tertiary/aromatic N) is 1. The largest absolute Gasteiger partial charge is 0.515 e. The second-order valence-corrected chi connectivity index (χ2v) is 6.49. The SMILES string of the molecule is COc1ccc([C@@H]2CC(=O)/C(=C/O)C(=Nc3ccccc3)S2)cc1. The molecule has 0 radical (unpaired) electrons. The summed E-state index contributed by atoms with van der Waals surface area (Å²) in [6.07, 6.45) is 1.19. The van der Waals surface area contributed by atoms with Crippen LogP contribution in [-0.2, 0) is 4.79 Å². The van der Waals surface area contributed by atoms with Crippen molar-refractivity contribution in [3.05, 3.63) is 72.0 Å². The third kappa shape index (κ3) is 3.51. The van der Waals surface area contributed by atoms with Crippen LogP contribution in [0.4, 0.5) is 5.69 Å². The molecule has 5 heteroatoms. The van der Waals surface area contributed by atoms with Gasteiger partial charge in [0.2, 0.25) is 0 Å². The number of aliphatic hydroxyl groups is 1. The van der Waals surface area contributed by atoms with Crippen LogP contribution in [0.1, 0.15) is 17.2 Å². The minimum atomic E-state index is -0.105. The summed E-state index contributed by atoms with van der Waals surface area (Å²) in [7, 11) is 1.62. The molecule has 2 aromatic carbocycles. The van der Waals surface area contributed by atoms with Gasteiger partial charge in [0.1, 0.15) is 10.8 Å². The van der Waals surface area contributed by atoms with Crippen molar-refractivity contribution >= 4 is 28.3 Å². The summed E-state index contributed by atoms with van der Waals surface area (Å²) in [5.41, 5.74) is 2.06. The molecule has 4 nitrogen and oxygen atoms in total. The van der Waals surface area contributed by atoms with Gasteiger partial charge in [-0.15, -0.1) is 0 Å². The molecule has 1 N–H and O–H groups in total. The minimum Gasteiger partial charge on any atom is -0.515 e. The second kappa shape index (κ2) is 7.36. The summed E-state index contributed by atoms with van der Waals surface area (Å²) in [6, 6.07) is 17.1. The molecule has 0 aromatic heterocycles. The highest BCUT2D eigenvalue weighted by Gasteiger charge is 2.31. The first kappa shape index (κ1) is 16.3. The Kier molecular flexibility index (Phi) is 5.01. The number of para-hydroxylation sites is 1. The summed E-state index contributed by atoms with van der Waals surface area (Å²) < 4.78 is 5.17. The molecule has 1 aliphatic rings. The number of carbonyl (C=O) groups excluding carboxylic acids is 1. The number of hydrogen-bond acceptors (Lipinski definition) is 5. The molecular formula is C19H17NO3S. The lowest BCUT2D eigenvalue weighted by atomic mass is 10.0. The van der Waals surface area contributed by atoms with Crippen LogP contribution < -0.4 is 4.74 Å². The van der Waals surface area contributed by atoms with E-state index in [9.17, 15) is 9.90 Å². The predicted octanol–water partition coefficient (Wildman–Crippen LogP) is 4.61. The predicted molar refractivity (Wildman–Crippen MR) is 97.2 cm³/mol. The summed E-state index contributed by atoms with van der Waals surface area (Å²) in [5, 5.41) is 9.95. The van der Waals surface area contributed by atoms with Crippen LogP contribution in [0.2, 0.25) is 0 Å². The Bertz CT molecular complexity index is 782.